The molecule has 0 aliphatic heterocycles. The second-order valence-corrected chi connectivity index (χ2v) is 5.12. The van der Waals surface area contributed by atoms with Crippen LogP contribution in [0.15, 0.2) is 24.3 Å². The van der Waals surface area contributed by atoms with E-state index in [1.807, 2.05) is 13.8 Å². The Morgan fingerprint density at radius 2 is 2.00 bits per heavy atom. The van der Waals surface area contributed by atoms with Crippen LogP contribution in [-0.4, -0.2) is 42.1 Å². The van der Waals surface area contributed by atoms with E-state index >= 15 is 0 Å². The molecule has 0 aliphatic carbocycles. The zero-order valence-corrected chi connectivity index (χ0v) is 12.1. The van der Waals surface area contributed by atoms with Crippen molar-refractivity contribution in [3.63, 3.8) is 0 Å². The number of aliphatic hydroxyl groups excluding tert-OH is 2. The van der Waals surface area contributed by atoms with Crippen molar-refractivity contribution in [2.45, 2.75) is 32.6 Å². The van der Waals surface area contributed by atoms with Gasteiger partial charge in [0.25, 0.3) is 0 Å². The number of hydrogen-bond donors (Lipinski definition) is 3. The Morgan fingerprint density at radius 1 is 1.30 bits per heavy atom. The normalized spacial score (nSPS) is 15.8. The van der Waals surface area contributed by atoms with Crippen LogP contribution in [0.3, 0.4) is 0 Å². The van der Waals surface area contributed by atoms with Gasteiger partial charge in [0.15, 0.2) is 0 Å². The summed E-state index contributed by atoms with van der Waals surface area (Å²) in [6.45, 7) is 4.65. The summed E-state index contributed by atoms with van der Waals surface area (Å²) < 4.78 is 18.6. The first-order valence-corrected chi connectivity index (χ1v) is 6.88. The minimum atomic E-state index is -0.657. The largest absolute Gasteiger partial charge is 0.396 e. The minimum Gasteiger partial charge on any atom is -0.396 e. The first-order valence-electron chi connectivity index (χ1n) is 6.88. The van der Waals surface area contributed by atoms with E-state index in [-0.39, 0.29) is 37.6 Å². The first kappa shape index (κ1) is 17.0. The third-order valence-corrected chi connectivity index (χ3v) is 3.34. The molecule has 114 valence electrons. The molecule has 4 nitrogen and oxygen atoms in total. The molecular formula is C15H24FNO3. The molecule has 0 fully saturated rings. The van der Waals surface area contributed by atoms with Gasteiger partial charge in [0.2, 0.25) is 0 Å². The molecule has 0 heterocycles. The van der Waals surface area contributed by atoms with E-state index in [0.29, 0.717) is 12.1 Å². The molecule has 5 heteroatoms. The molecule has 3 atom stereocenters. The van der Waals surface area contributed by atoms with Crippen LogP contribution in [0.4, 0.5) is 4.39 Å². The molecule has 3 N–H and O–H groups in total. The Bertz CT molecular complexity index is 389. The van der Waals surface area contributed by atoms with Gasteiger partial charge < -0.3 is 20.3 Å². The summed E-state index contributed by atoms with van der Waals surface area (Å²) >= 11 is 0. The first-order chi connectivity index (χ1) is 9.54. The number of hydrogen-bond acceptors (Lipinski definition) is 4. The maximum atomic E-state index is 13.3. The molecule has 0 amide bonds. The smallest absolute Gasteiger partial charge is 0.128 e. The lowest BCUT2D eigenvalue weighted by Gasteiger charge is -2.21. The van der Waals surface area contributed by atoms with Gasteiger partial charge in [0, 0.05) is 24.8 Å². The van der Waals surface area contributed by atoms with Crippen LogP contribution in [0, 0.1) is 11.7 Å². The highest BCUT2D eigenvalue weighted by molar-refractivity contribution is 5.16. The highest BCUT2D eigenvalue weighted by Gasteiger charge is 2.12. The summed E-state index contributed by atoms with van der Waals surface area (Å²) in [5.41, 5.74) is 0.481. The predicted molar refractivity (Wildman–Crippen MR) is 75.8 cm³/mol. The van der Waals surface area contributed by atoms with Crippen molar-refractivity contribution in [3.8, 4) is 0 Å². The second kappa shape index (κ2) is 9.02. The lowest BCUT2D eigenvalue weighted by Crippen LogP contribution is -2.40. The number of ether oxygens (including phenoxy) is 1. The second-order valence-electron chi connectivity index (χ2n) is 5.12. The Balaban J connectivity index is 2.20. The summed E-state index contributed by atoms with van der Waals surface area (Å²) in [6.07, 6.45) is -0.657. The third kappa shape index (κ3) is 5.96. The quantitative estimate of drug-likeness (QED) is 0.640. The Hall–Kier alpha value is -1.01. The minimum absolute atomic E-state index is 0.105. The topological polar surface area (TPSA) is 61.7 Å². The van der Waals surface area contributed by atoms with Crippen LogP contribution < -0.4 is 5.32 Å². The van der Waals surface area contributed by atoms with Crippen LogP contribution in [-0.2, 0) is 11.3 Å². The van der Waals surface area contributed by atoms with E-state index in [4.69, 9.17) is 9.84 Å². The van der Waals surface area contributed by atoms with Gasteiger partial charge in [-0.3, -0.25) is 0 Å². The van der Waals surface area contributed by atoms with Crippen LogP contribution >= 0.6 is 0 Å². The van der Waals surface area contributed by atoms with E-state index in [1.54, 1.807) is 18.2 Å². The molecule has 0 aliphatic rings. The Morgan fingerprint density at radius 3 is 2.65 bits per heavy atom. The van der Waals surface area contributed by atoms with Crippen molar-refractivity contribution in [1.82, 2.24) is 5.32 Å². The molecule has 0 radical (unpaired) electrons. The molecule has 1 rings (SSSR count). The van der Waals surface area contributed by atoms with E-state index in [0.717, 1.165) is 0 Å². The molecule has 0 saturated carbocycles. The maximum Gasteiger partial charge on any atom is 0.128 e. The standard InChI is InChI=1S/C15H24FNO3/c1-11(8-18)12(2)17-7-14(19)10-20-9-13-5-3-4-6-15(13)16/h3-6,11-12,14,17-19H,7-10H2,1-2H3. The van der Waals surface area contributed by atoms with Crippen molar-refractivity contribution in [2.24, 2.45) is 5.92 Å². The number of rotatable bonds is 9. The average molecular weight is 285 g/mol. The fourth-order valence-electron chi connectivity index (χ4n) is 1.66. The monoisotopic (exact) mass is 285 g/mol. The van der Waals surface area contributed by atoms with Gasteiger partial charge in [0.05, 0.1) is 19.3 Å². The van der Waals surface area contributed by atoms with Crippen molar-refractivity contribution < 1.29 is 19.3 Å². The fraction of sp³-hybridized carbons (Fsp3) is 0.600. The van der Waals surface area contributed by atoms with Crippen molar-refractivity contribution >= 4 is 0 Å². The molecular weight excluding hydrogens is 261 g/mol. The molecule has 3 unspecified atom stereocenters. The summed E-state index contributed by atoms with van der Waals surface area (Å²) in [5.74, 6) is -0.174. The highest BCUT2D eigenvalue weighted by atomic mass is 19.1. The number of halogens is 1. The summed E-state index contributed by atoms with van der Waals surface area (Å²) in [7, 11) is 0. The number of benzene rings is 1. The van der Waals surface area contributed by atoms with Gasteiger partial charge in [-0.15, -0.1) is 0 Å². The van der Waals surface area contributed by atoms with E-state index in [9.17, 15) is 9.50 Å². The van der Waals surface area contributed by atoms with E-state index < -0.39 is 6.10 Å². The van der Waals surface area contributed by atoms with Crippen molar-refractivity contribution in [2.75, 3.05) is 19.8 Å². The molecule has 20 heavy (non-hydrogen) atoms. The molecule has 0 bridgehead atoms. The van der Waals surface area contributed by atoms with Crippen LogP contribution in [0.2, 0.25) is 0 Å². The Labute approximate surface area is 119 Å². The van der Waals surface area contributed by atoms with Crippen LogP contribution in [0.25, 0.3) is 0 Å². The SMILES string of the molecule is CC(CO)C(C)NCC(O)COCc1ccccc1F. The van der Waals surface area contributed by atoms with Gasteiger partial charge in [-0.1, -0.05) is 25.1 Å². The van der Waals surface area contributed by atoms with E-state index in [2.05, 4.69) is 5.32 Å². The Kier molecular flexibility index (Phi) is 7.69. The van der Waals surface area contributed by atoms with Gasteiger partial charge >= 0.3 is 0 Å². The molecule has 0 saturated heterocycles. The molecule has 0 aromatic heterocycles. The summed E-state index contributed by atoms with van der Waals surface area (Å²) in [5, 5.41) is 21.9. The zero-order valence-electron chi connectivity index (χ0n) is 12.1. The third-order valence-electron chi connectivity index (χ3n) is 3.34. The average Bonchev–Trinajstić information content (AvgIpc) is 2.45. The summed E-state index contributed by atoms with van der Waals surface area (Å²) in [6, 6.07) is 6.53. The van der Waals surface area contributed by atoms with Crippen molar-refractivity contribution in [1.29, 1.82) is 0 Å². The van der Waals surface area contributed by atoms with Crippen LogP contribution in [0.5, 0.6) is 0 Å². The van der Waals surface area contributed by atoms with Gasteiger partial charge in [-0.2, -0.15) is 0 Å². The van der Waals surface area contributed by atoms with Gasteiger partial charge in [-0.05, 0) is 18.9 Å². The van der Waals surface area contributed by atoms with Crippen molar-refractivity contribution in [3.05, 3.63) is 35.6 Å². The fourth-order valence-corrected chi connectivity index (χ4v) is 1.66. The molecule has 0 spiro atoms. The molecule has 1 aromatic carbocycles. The summed E-state index contributed by atoms with van der Waals surface area (Å²) in [4.78, 5) is 0. The van der Waals surface area contributed by atoms with Gasteiger partial charge in [-0.25, -0.2) is 4.39 Å². The predicted octanol–water partition coefficient (Wildman–Crippen LogP) is 1.31. The van der Waals surface area contributed by atoms with Gasteiger partial charge in [0.1, 0.15) is 5.82 Å². The number of nitrogens with one attached hydrogen (secondary N) is 1. The lowest BCUT2D eigenvalue weighted by atomic mass is 10.1. The zero-order chi connectivity index (χ0) is 15.0. The highest BCUT2D eigenvalue weighted by Crippen LogP contribution is 2.07. The maximum absolute atomic E-state index is 13.3. The number of aliphatic hydroxyl groups is 2. The van der Waals surface area contributed by atoms with Crippen LogP contribution in [0.1, 0.15) is 19.4 Å². The molecule has 1 aromatic rings. The lowest BCUT2D eigenvalue weighted by molar-refractivity contribution is 0.0255. The van der Waals surface area contributed by atoms with E-state index in [1.165, 1.54) is 6.07 Å².